The Morgan fingerprint density at radius 1 is 1.14 bits per heavy atom. The third-order valence-electron chi connectivity index (χ3n) is 2.39. The smallest absolute Gasteiger partial charge is 0.0126 e. The third-order valence-corrected chi connectivity index (χ3v) is 2.39. The molecule has 0 aromatic rings. The molecule has 0 saturated carbocycles. The SMILES string of the molecule is C=C(CCC#CCCCC)C(C)(C)C. The van der Waals surface area contributed by atoms with E-state index in [1.54, 1.807) is 0 Å². The molecular formula is C14H24. The van der Waals surface area contributed by atoms with Crippen molar-refractivity contribution in [1.29, 1.82) is 0 Å². The van der Waals surface area contributed by atoms with Gasteiger partial charge in [0.05, 0.1) is 0 Å². The maximum absolute atomic E-state index is 4.09. The van der Waals surface area contributed by atoms with Gasteiger partial charge in [0.25, 0.3) is 0 Å². The maximum atomic E-state index is 4.09. The second kappa shape index (κ2) is 6.71. The van der Waals surface area contributed by atoms with Crippen molar-refractivity contribution in [2.75, 3.05) is 0 Å². The molecule has 0 atom stereocenters. The highest BCUT2D eigenvalue weighted by atomic mass is 14.2. The highest BCUT2D eigenvalue weighted by Gasteiger charge is 2.13. The van der Waals surface area contributed by atoms with E-state index in [2.05, 4.69) is 46.1 Å². The van der Waals surface area contributed by atoms with Crippen molar-refractivity contribution < 1.29 is 0 Å². The van der Waals surface area contributed by atoms with Crippen molar-refractivity contribution in [3.05, 3.63) is 12.2 Å². The molecule has 0 aromatic carbocycles. The molecular weight excluding hydrogens is 168 g/mol. The van der Waals surface area contributed by atoms with Gasteiger partial charge >= 0.3 is 0 Å². The molecule has 0 nitrogen and oxygen atoms in total. The van der Waals surface area contributed by atoms with Crippen LogP contribution in [0.25, 0.3) is 0 Å². The van der Waals surface area contributed by atoms with E-state index in [0.29, 0.717) is 0 Å². The van der Waals surface area contributed by atoms with Crippen molar-refractivity contribution in [1.82, 2.24) is 0 Å². The first kappa shape index (κ1) is 13.3. The topological polar surface area (TPSA) is 0 Å². The fraction of sp³-hybridized carbons (Fsp3) is 0.714. The summed E-state index contributed by atoms with van der Waals surface area (Å²) in [5, 5.41) is 0. The van der Waals surface area contributed by atoms with Crippen LogP contribution in [0.15, 0.2) is 12.2 Å². The van der Waals surface area contributed by atoms with Crippen LogP contribution in [-0.4, -0.2) is 0 Å². The minimum Gasteiger partial charge on any atom is -0.103 e. The fourth-order valence-corrected chi connectivity index (χ4v) is 1.03. The Morgan fingerprint density at radius 3 is 2.21 bits per heavy atom. The molecule has 0 bridgehead atoms. The summed E-state index contributed by atoms with van der Waals surface area (Å²) in [6.45, 7) is 12.9. The number of hydrogen-bond donors (Lipinski definition) is 0. The normalized spacial score (nSPS) is 10.6. The molecule has 0 fully saturated rings. The highest BCUT2D eigenvalue weighted by Crippen LogP contribution is 2.26. The number of rotatable bonds is 4. The van der Waals surface area contributed by atoms with Crippen LogP contribution < -0.4 is 0 Å². The minimum absolute atomic E-state index is 0.241. The quantitative estimate of drug-likeness (QED) is 0.348. The first-order valence-corrected chi connectivity index (χ1v) is 5.62. The molecule has 14 heavy (non-hydrogen) atoms. The second-order valence-corrected chi connectivity index (χ2v) is 4.81. The van der Waals surface area contributed by atoms with E-state index in [0.717, 1.165) is 19.3 Å². The van der Waals surface area contributed by atoms with Crippen LogP contribution in [0.3, 0.4) is 0 Å². The van der Waals surface area contributed by atoms with Crippen molar-refractivity contribution >= 4 is 0 Å². The van der Waals surface area contributed by atoms with E-state index in [1.165, 1.54) is 18.4 Å². The summed E-state index contributed by atoms with van der Waals surface area (Å²) in [5.74, 6) is 6.41. The summed E-state index contributed by atoms with van der Waals surface area (Å²) in [5.41, 5.74) is 1.55. The molecule has 0 unspecified atom stereocenters. The van der Waals surface area contributed by atoms with E-state index < -0.39 is 0 Å². The van der Waals surface area contributed by atoms with Crippen molar-refractivity contribution in [3.63, 3.8) is 0 Å². The van der Waals surface area contributed by atoms with Gasteiger partial charge in [0.2, 0.25) is 0 Å². The van der Waals surface area contributed by atoms with Gasteiger partial charge in [0.15, 0.2) is 0 Å². The Morgan fingerprint density at radius 2 is 1.71 bits per heavy atom. The Kier molecular flexibility index (Phi) is 6.37. The largest absolute Gasteiger partial charge is 0.103 e. The van der Waals surface area contributed by atoms with Gasteiger partial charge in [-0.15, -0.1) is 11.8 Å². The standard InChI is InChI=1S/C14H24/c1-6-7-8-9-10-11-12-13(2)14(3,4)5/h2,6-8,11-12H2,1,3-5H3. The highest BCUT2D eigenvalue weighted by molar-refractivity contribution is 5.09. The molecule has 0 rings (SSSR count). The molecule has 0 amide bonds. The Balaban J connectivity index is 3.62. The van der Waals surface area contributed by atoms with Crippen LogP contribution in [-0.2, 0) is 0 Å². The summed E-state index contributed by atoms with van der Waals surface area (Å²) >= 11 is 0. The molecule has 80 valence electrons. The van der Waals surface area contributed by atoms with E-state index in [-0.39, 0.29) is 5.41 Å². The van der Waals surface area contributed by atoms with Crippen molar-refractivity contribution in [3.8, 4) is 11.8 Å². The first-order chi connectivity index (χ1) is 6.48. The maximum Gasteiger partial charge on any atom is 0.0126 e. The lowest BCUT2D eigenvalue weighted by Crippen LogP contribution is -2.07. The molecule has 0 radical (unpaired) electrons. The molecule has 0 saturated heterocycles. The zero-order valence-electron chi connectivity index (χ0n) is 10.2. The van der Waals surface area contributed by atoms with Crippen molar-refractivity contribution in [2.45, 2.75) is 59.8 Å². The third kappa shape index (κ3) is 6.78. The molecule has 0 spiro atoms. The van der Waals surface area contributed by atoms with Gasteiger partial charge in [-0.05, 0) is 18.3 Å². The summed E-state index contributed by atoms with van der Waals surface area (Å²) < 4.78 is 0. The number of hydrogen-bond acceptors (Lipinski definition) is 0. The zero-order valence-corrected chi connectivity index (χ0v) is 10.2. The van der Waals surface area contributed by atoms with Crippen molar-refractivity contribution in [2.24, 2.45) is 5.41 Å². The van der Waals surface area contributed by atoms with E-state index in [1.807, 2.05) is 0 Å². The van der Waals surface area contributed by atoms with Crippen LogP contribution in [0.2, 0.25) is 0 Å². The van der Waals surface area contributed by atoms with Gasteiger partial charge in [-0.1, -0.05) is 46.3 Å². The van der Waals surface area contributed by atoms with Gasteiger partial charge in [-0.3, -0.25) is 0 Å². The zero-order chi connectivity index (χ0) is 11.0. The number of unbranched alkanes of at least 4 members (excludes halogenated alkanes) is 2. The lowest BCUT2D eigenvalue weighted by atomic mass is 9.85. The van der Waals surface area contributed by atoms with Crippen LogP contribution in [0.5, 0.6) is 0 Å². The first-order valence-electron chi connectivity index (χ1n) is 5.62. The Labute approximate surface area is 89.8 Å². The van der Waals surface area contributed by atoms with E-state index in [9.17, 15) is 0 Å². The molecule has 0 N–H and O–H groups in total. The lowest BCUT2D eigenvalue weighted by molar-refractivity contribution is 0.486. The van der Waals surface area contributed by atoms with Crippen LogP contribution in [0.4, 0.5) is 0 Å². The van der Waals surface area contributed by atoms with Gasteiger partial charge in [-0.25, -0.2) is 0 Å². The monoisotopic (exact) mass is 192 g/mol. The van der Waals surface area contributed by atoms with Gasteiger partial charge in [0, 0.05) is 12.8 Å². The summed E-state index contributed by atoms with van der Waals surface area (Å²) in [6, 6.07) is 0. The average molecular weight is 192 g/mol. The van der Waals surface area contributed by atoms with Gasteiger partial charge < -0.3 is 0 Å². The Hall–Kier alpha value is -0.700. The molecule has 0 heteroatoms. The molecule has 0 heterocycles. The Bertz CT molecular complexity index is 217. The second-order valence-electron chi connectivity index (χ2n) is 4.81. The molecule has 0 aliphatic carbocycles. The fourth-order valence-electron chi connectivity index (χ4n) is 1.03. The summed E-state index contributed by atoms with van der Waals surface area (Å²) in [4.78, 5) is 0. The van der Waals surface area contributed by atoms with Crippen LogP contribution in [0, 0.1) is 17.3 Å². The average Bonchev–Trinajstić information content (AvgIpc) is 2.09. The van der Waals surface area contributed by atoms with Gasteiger partial charge in [-0.2, -0.15) is 0 Å². The predicted molar refractivity (Wildman–Crippen MR) is 65.1 cm³/mol. The minimum atomic E-state index is 0.241. The van der Waals surface area contributed by atoms with E-state index in [4.69, 9.17) is 0 Å². The lowest BCUT2D eigenvalue weighted by Gasteiger charge is -2.20. The predicted octanol–water partition coefficient (Wildman–Crippen LogP) is 4.56. The number of allylic oxidation sites excluding steroid dienone is 1. The van der Waals surface area contributed by atoms with Crippen LogP contribution >= 0.6 is 0 Å². The molecule has 0 aliphatic heterocycles. The summed E-state index contributed by atoms with van der Waals surface area (Å²) in [6.07, 6.45) is 5.54. The molecule has 0 aliphatic rings. The van der Waals surface area contributed by atoms with Crippen LogP contribution in [0.1, 0.15) is 59.8 Å². The molecule has 0 aromatic heterocycles. The summed E-state index contributed by atoms with van der Waals surface area (Å²) in [7, 11) is 0. The van der Waals surface area contributed by atoms with E-state index >= 15 is 0 Å². The van der Waals surface area contributed by atoms with Gasteiger partial charge in [0.1, 0.15) is 0 Å².